The maximum absolute atomic E-state index is 12.0. The molecule has 1 aliphatic heterocycles. The van der Waals surface area contributed by atoms with E-state index in [4.69, 9.17) is 5.26 Å². The van der Waals surface area contributed by atoms with Crippen molar-refractivity contribution in [2.24, 2.45) is 0 Å². The Labute approximate surface area is 97.1 Å². The molecule has 0 aromatic heterocycles. The van der Waals surface area contributed by atoms with Crippen molar-refractivity contribution in [3.63, 3.8) is 0 Å². The van der Waals surface area contributed by atoms with E-state index in [1.54, 1.807) is 18.0 Å². The zero-order chi connectivity index (χ0) is 12.3. The SMILES string of the molecule is C=CCN1C(CC#N)C(=O)N(C)CC1(C)C. The molecule has 88 valence electrons. The van der Waals surface area contributed by atoms with Gasteiger partial charge in [-0.3, -0.25) is 9.69 Å². The molecule has 0 aliphatic carbocycles. The highest BCUT2D eigenvalue weighted by Gasteiger charge is 2.42. The van der Waals surface area contributed by atoms with Crippen LogP contribution in [0.5, 0.6) is 0 Å². The lowest BCUT2D eigenvalue weighted by molar-refractivity contribution is -0.147. The van der Waals surface area contributed by atoms with Crippen LogP contribution in [0.3, 0.4) is 0 Å². The molecule has 0 spiro atoms. The molecule has 4 heteroatoms. The van der Waals surface area contributed by atoms with Crippen molar-refractivity contribution in [1.29, 1.82) is 5.26 Å². The fourth-order valence-electron chi connectivity index (χ4n) is 2.36. The van der Waals surface area contributed by atoms with Crippen molar-refractivity contribution in [2.75, 3.05) is 20.1 Å². The summed E-state index contributed by atoms with van der Waals surface area (Å²) in [5.41, 5.74) is -0.113. The number of carbonyl (C=O) groups excluding carboxylic acids is 1. The second kappa shape index (κ2) is 4.67. The van der Waals surface area contributed by atoms with Crippen molar-refractivity contribution in [2.45, 2.75) is 31.8 Å². The van der Waals surface area contributed by atoms with Crippen molar-refractivity contribution in [3.05, 3.63) is 12.7 Å². The number of carbonyl (C=O) groups is 1. The Morgan fingerprint density at radius 2 is 2.31 bits per heavy atom. The summed E-state index contributed by atoms with van der Waals surface area (Å²) < 4.78 is 0. The van der Waals surface area contributed by atoms with Crippen LogP contribution in [0.2, 0.25) is 0 Å². The average molecular weight is 221 g/mol. The molecule has 0 saturated carbocycles. The Balaban J connectivity index is 3.00. The molecule has 1 saturated heterocycles. The number of hydrogen-bond donors (Lipinski definition) is 0. The monoisotopic (exact) mass is 221 g/mol. The fourth-order valence-corrected chi connectivity index (χ4v) is 2.36. The molecule has 1 amide bonds. The lowest BCUT2D eigenvalue weighted by Crippen LogP contribution is -2.65. The number of hydrogen-bond acceptors (Lipinski definition) is 3. The third-order valence-electron chi connectivity index (χ3n) is 3.05. The maximum Gasteiger partial charge on any atom is 0.240 e. The Kier molecular flexibility index (Phi) is 3.71. The van der Waals surface area contributed by atoms with E-state index in [-0.39, 0.29) is 23.9 Å². The highest BCUT2D eigenvalue weighted by molar-refractivity contribution is 5.83. The minimum Gasteiger partial charge on any atom is -0.343 e. The number of amides is 1. The van der Waals surface area contributed by atoms with Crippen LogP contribution in [0.25, 0.3) is 0 Å². The van der Waals surface area contributed by atoms with Gasteiger partial charge >= 0.3 is 0 Å². The summed E-state index contributed by atoms with van der Waals surface area (Å²) in [4.78, 5) is 15.8. The largest absolute Gasteiger partial charge is 0.343 e. The molecule has 1 heterocycles. The summed E-state index contributed by atoms with van der Waals surface area (Å²) in [6.07, 6.45) is 2.02. The van der Waals surface area contributed by atoms with Gasteiger partial charge in [0.1, 0.15) is 6.04 Å². The summed E-state index contributed by atoms with van der Waals surface area (Å²) in [5, 5.41) is 8.81. The van der Waals surface area contributed by atoms with Crippen LogP contribution in [0, 0.1) is 11.3 Å². The molecule has 1 unspecified atom stereocenters. The van der Waals surface area contributed by atoms with Crippen LogP contribution in [0.1, 0.15) is 20.3 Å². The molecule has 0 radical (unpaired) electrons. The van der Waals surface area contributed by atoms with Crippen LogP contribution >= 0.6 is 0 Å². The Morgan fingerprint density at radius 3 is 2.81 bits per heavy atom. The van der Waals surface area contributed by atoms with Gasteiger partial charge in [-0.05, 0) is 13.8 Å². The zero-order valence-electron chi connectivity index (χ0n) is 10.2. The van der Waals surface area contributed by atoms with Gasteiger partial charge < -0.3 is 4.90 Å². The van der Waals surface area contributed by atoms with Crippen molar-refractivity contribution in [3.8, 4) is 6.07 Å². The molecule has 0 aromatic carbocycles. The standard InChI is InChI=1S/C12H19N3O/c1-5-8-15-10(6-7-13)11(16)14(4)9-12(15,2)3/h5,10H,1,6,8-9H2,2-4H3. The van der Waals surface area contributed by atoms with Crippen molar-refractivity contribution in [1.82, 2.24) is 9.80 Å². The Bertz CT molecular complexity index is 330. The third kappa shape index (κ3) is 2.25. The van der Waals surface area contributed by atoms with Crippen molar-refractivity contribution >= 4 is 5.91 Å². The molecule has 1 atom stereocenters. The second-order valence-corrected chi connectivity index (χ2v) is 4.83. The van der Waals surface area contributed by atoms with E-state index in [0.29, 0.717) is 13.1 Å². The molecule has 0 aromatic rings. The molecular formula is C12H19N3O. The van der Waals surface area contributed by atoms with Gasteiger partial charge in [0.25, 0.3) is 0 Å². The molecular weight excluding hydrogens is 202 g/mol. The molecule has 16 heavy (non-hydrogen) atoms. The first-order valence-corrected chi connectivity index (χ1v) is 5.43. The van der Waals surface area contributed by atoms with Crippen LogP contribution in [0.4, 0.5) is 0 Å². The van der Waals surface area contributed by atoms with Gasteiger partial charge in [-0.25, -0.2) is 0 Å². The first-order valence-electron chi connectivity index (χ1n) is 5.43. The Morgan fingerprint density at radius 1 is 1.69 bits per heavy atom. The quantitative estimate of drug-likeness (QED) is 0.668. The molecule has 1 aliphatic rings. The maximum atomic E-state index is 12.0. The number of rotatable bonds is 3. The van der Waals surface area contributed by atoms with Crippen molar-refractivity contribution < 1.29 is 4.79 Å². The van der Waals surface area contributed by atoms with Crippen LogP contribution in [-0.4, -0.2) is 47.4 Å². The van der Waals surface area contributed by atoms with E-state index in [0.717, 1.165) is 0 Å². The third-order valence-corrected chi connectivity index (χ3v) is 3.05. The van der Waals surface area contributed by atoms with E-state index in [1.807, 2.05) is 0 Å². The van der Waals surface area contributed by atoms with Gasteiger partial charge in [0.2, 0.25) is 5.91 Å². The predicted octanol–water partition coefficient (Wildman–Crippen LogP) is 1.01. The number of piperazine rings is 1. The van der Waals surface area contributed by atoms with Crippen LogP contribution < -0.4 is 0 Å². The normalized spacial score (nSPS) is 25.2. The summed E-state index contributed by atoms with van der Waals surface area (Å²) >= 11 is 0. The Hall–Kier alpha value is -1.34. The lowest BCUT2D eigenvalue weighted by Gasteiger charge is -2.49. The fraction of sp³-hybridized carbons (Fsp3) is 0.667. The second-order valence-electron chi connectivity index (χ2n) is 4.83. The van der Waals surface area contributed by atoms with Gasteiger partial charge in [-0.1, -0.05) is 6.08 Å². The van der Waals surface area contributed by atoms with E-state index >= 15 is 0 Å². The molecule has 4 nitrogen and oxygen atoms in total. The predicted molar refractivity (Wildman–Crippen MR) is 62.6 cm³/mol. The van der Waals surface area contributed by atoms with E-state index in [9.17, 15) is 4.79 Å². The minimum atomic E-state index is -0.336. The van der Waals surface area contributed by atoms with Crippen LogP contribution in [0.15, 0.2) is 12.7 Å². The first kappa shape index (κ1) is 12.7. The molecule has 1 fully saturated rings. The highest BCUT2D eigenvalue weighted by atomic mass is 16.2. The number of nitrogens with zero attached hydrogens (tertiary/aromatic N) is 3. The van der Waals surface area contributed by atoms with Gasteiger partial charge in [0.05, 0.1) is 12.5 Å². The highest BCUT2D eigenvalue weighted by Crippen LogP contribution is 2.26. The summed E-state index contributed by atoms with van der Waals surface area (Å²) in [7, 11) is 1.79. The summed E-state index contributed by atoms with van der Waals surface area (Å²) in [5.74, 6) is 0.0303. The summed E-state index contributed by atoms with van der Waals surface area (Å²) in [6, 6.07) is 1.75. The number of nitriles is 1. The van der Waals surface area contributed by atoms with Gasteiger partial charge in [-0.2, -0.15) is 5.26 Å². The topological polar surface area (TPSA) is 47.3 Å². The van der Waals surface area contributed by atoms with E-state index in [1.165, 1.54) is 0 Å². The van der Waals surface area contributed by atoms with Gasteiger partial charge in [0.15, 0.2) is 0 Å². The minimum absolute atomic E-state index is 0.0303. The van der Waals surface area contributed by atoms with E-state index < -0.39 is 0 Å². The first-order chi connectivity index (χ1) is 7.44. The van der Waals surface area contributed by atoms with Gasteiger partial charge in [0, 0.05) is 25.7 Å². The average Bonchev–Trinajstić information content (AvgIpc) is 2.19. The summed E-state index contributed by atoms with van der Waals surface area (Å²) in [6.45, 7) is 9.20. The van der Waals surface area contributed by atoms with Crippen LogP contribution in [-0.2, 0) is 4.79 Å². The zero-order valence-corrected chi connectivity index (χ0v) is 10.2. The molecule has 1 rings (SSSR count). The smallest absolute Gasteiger partial charge is 0.240 e. The molecule has 0 N–H and O–H groups in total. The van der Waals surface area contributed by atoms with Gasteiger partial charge in [-0.15, -0.1) is 6.58 Å². The lowest BCUT2D eigenvalue weighted by atomic mass is 9.93. The van der Waals surface area contributed by atoms with E-state index in [2.05, 4.69) is 31.4 Å². The number of likely N-dealkylation sites (N-methyl/N-ethyl adjacent to an activating group) is 1. The molecule has 0 bridgehead atoms.